The maximum atomic E-state index is 12.2. The number of likely N-dealkylation sites (tertiary alicyclic amines) is 1. The number of nitrogens with zero attached hydrogens (tertiary/aromatic N) is 3. The zero-order chi connectivity index (χ0) is 22.2. The van der Waals surface area contributed by atoms with Crippen LogP contribution in [0.15, 0.2) is 59.0 Å². The van der Waals surface area contributed by atoms with Crippen LogP contribution in [0.1, 0.15) is 56.0 Å². The van der Waals surface area contributed by atoms with Crippen molar-refractivity contribution in [2.24, 2.45) is 0 Å². The SMILES string of the molecule is CC1CCCCN1Cc1ccc(CNC(=O)CCCc2nnc(-c3ccccc3)o2)cc1. The minimum atomic E-state index is 0.0408. The van der Waals surface area contributed by atoms with E-state index in [-0.39, 0.29) is 5.91 Å². The van der Waals surface area contributed by atoms with E-state index in [0.717, 1.165) is 17.7 Å². The van der Waals surface area contributed by atoms with Crippen molar-refractivity contribution in [3.63, 3.8) is 0 Å². The van der Waals surface area contributed by atoms with Gasteiger partial charge in [0.1, 0.15) is 0 Å². The number of aromatic nitrogens is 2. The van der Waals surface area contributed by atoms with Crippen LogP contribution in [-0.2, 0) is 24.3 Å². The lowest BCUT2D eigenvalue weighted by Crippen LogP contribution is -2.36. The zero-order valence-corrected chi connectivity index (χ0v) is 18.8. The molecule has 6 nitrogen and oxygen atoms in total. The standard InChI is InChI=1S/C26H32N4O2/c1-20-8-5-6-17-30(20)19-22-15-13-21(14-16-22)18-27-24(31)11-7-12-25-28-29-26(32-25)23-9-3-2-4-10-23/h2-4,9-10,13-16,20H,5-8,11-12,17-19H2,1H3,(H,27,31). The van der Waals surface area contributed by atoms with Gasteiger partial charge in [0.25, 0.3) is 0 Å². The number of carbonyl (C=O) groups is 1. The minimum Gasteiger partial charge on any atom is -0.421 e. The third kappa shape index (κ3) is 6.26. The van der Waals surface area contributed by atoms with Gasteiger partial charge in [0.05, 0.1) is 0 Å². The quantitative estimate of drug-likeness (QED) is 0.528. The summed E-state index contributed by atoms with van der Waals surface area (Å²) >= 11 is 0. The largest absolute Gasteiger partial charge is 0.421 e. The van der Waals surface area contributed by atoms with E-state index in [4.69, 9.17) is 4.42 Å². The molecule has 1 aliphatic heterocycles. The molecular weight excluding hydrogens is 400 g/mol. The molecule has 168 valence electrons. The van der Waals surface area contributed by atoms with E-state index in [0.29, 0.717) is 43.6 Å². The summed E-state index contributed by atoms with van der Waals surface area (Å²) in [7, 11) is 0. The van der Waals surface area contributed by atoms with Crippen molar-refractivity contribution >= 4 is 5.91 Å². The molecule has 0 radical (unpaired) electrons. The van der Waals surface area contributed by atoms with Gasteiger partial charge < -0.3 is 9.73 Å². The molecule has 2 aromatic carbocycles. The number of nitrogens with one attached hydrogen (secondary N) is 1. The lowest BCUT2D eigenvalue weighted by molar-refractivity contribution is -0.121. The predicted molar refractivity (Wildman–Crippen MR) is 125 cm³/mol. The van der Waals surface area contributed by atoms with Gasteiger partial charge >= 0.3 is 0 Å². The van der Waals surface area contributed by atoms with E-state index in [1.54, 1.807) is 0 Å². The van der Waals surface area contributed by atoms with Crippen LogP contribution in [0.5, 0.6) is 0 Å². The average molecular weight is 433 g/mol. The Hall–Kier alpha value is -2.99. The van der Waals surface area contributed by atoms with Gasteiger partial charge in [0.2, 0.25) is 17.7 Å². The smallest absolute Gasteiger partial charge is 0.247 e. The molecule has 0 saturated carbocycles. The second kappa shape index (κ2) is 11.0. The second-order valence-electron chi connectivity index (χ2n) is 8.63. The van der Waals surface area contributed by atoms with E-state index in [2.05, 4.69) is 51.6 Å². The Bertz CT molecular complexity index is 985. The molecule has 6 heteroatoms. The second-order valence-corrected chi connectivity index (χ2v) is 8.63. The van der Waals surface area contributed by atoms with E-state index >= 15 is 0 Å². The van der Waals surface area contributed by atoms with Crippen molar-refractivity contribution in [2.75, 3.05) is 6.54 Å². The van der Waals surface area contributed by atoms with Gasteiger partial charge in [-0.15, -0.1) is 10.2 Å². The highest BCUT2D eigenvalue weighted by Gasteiger charge is 2.18. The number of hydrogen-bond acceptors (Lipinski definition) is 5. The Labute approximate surface area is 190 Å². The summed E-state index contributed by atoms with van der Waals surface area (Å²) in [5, 5.41) is 11.2. The van der Waals surface area contributed by atoms with Crippen LogP contribution in [0.25, 0.3) is 11.5 Å². The number of benzene rings is 2. The van der Waals surface area contributed by atoms with E-state index in [9.17, 15) is 4.79 Å². The molecule has 4 rings (SSSR count). The van der Waals surface area contributed by atoms with E-state index in [1.807, 2.05) is 30.3 Å². The normalized spacial score (nSPS) is 16.7. The minimum absolute atomic E-state index is 0.0408. The Balaban J connectivity index is 1.16. The first-order valence-corrected chi connectivity index (χ1v) is 11.6. The Morgan fingerprint density at radius 2 is 1.84 bits per heavy atom. The molecule has 1 aromatic heterocycles. The van der Waals surface area contributed by atoms with Crippen LogP contribution in [-0.4, -0.2) is 33.6 Å². The molecule has 0 aliphatic carbocycles. The summed E-state index contributed by atoms with van der Waals surface area (Å²) in [6.45, 7) is 5.08. The summed E-state index contributed by atoms with van der Waals surface area (Å²) in [5.74, 6) is 1.12. The molecule has 1 amide bonds. The zero-order valence-electron chi connectivity index (χ0n) is 18.8. The van der Waals surface area contributed by atoms with Crippen molar-refractivity contribution in [2.45, 2.75) is 64.6 Å². The third-order valence-corrected chi connectivity index (χ3v) is 6.12. The Kier molecular flexibility index (Phi) is 7.67. The highest BCUT2D eigenvalue weighted by atomic mass is 16.4. The molecule has 0 bridgehead atoms. The van der Waals surface area contributed by atoms with Gasteiger partial charge in [-0.25, -0.2) is 0 Å². The maximum absolute atomic E-state index is 12.2. The van der Waals surface area contributed by atoms with Crippen LogP contribution < -0.4 is 5.32 Å². The molecule has 32 heavy (non-hydrogen) atoms. The van der Waals surface area contributed by atoms with Crippen molar-refractivity contribution in [1.82, 2.24) is 20.4 Å². The monoisotopic (exact) mass is 432 g/mol. The fourth-order valence-electron chi connectivity index (χ4n) is 4.13. The van der Waals surface area contributed by atoms with Crippen molar-refractivity contribution in [3.8, 4) is 11.5 Å². The fraction of sp³-hybridized carbons (Fsp3) is 0.423. The number of hydrogen-bond donors (Lipinski definition) is 1. The summed E-state index contributed by atoms with van der Waals surface area (Å²) in [4.78, 5) is 14.8. The van der Waals surface area contributed by atoms with Crippen LogP contribution in [0.3, 0.4) is 0 Å². The average Bonchev–Trinajstić information content (AvgIpc) is 3.30. The summed E-state index contributed by atoms with van der Waals surface area (Å²) in [6.07, 6.45) is 5.65. The van der Waals surface area contributed by atoms with Crippen molar-refractivity contribution < 1.29 is 9.21 Å². The lowest BCUT2D eigenvalue weighted by Gasteiger charge is -2.33. The van der Waals surface area contributed by atoms with Gasteiger partial charge in [0, 0.05) is 37.5 Å². The van der Waals surface area contributed by atoms with Crippen molar-refractivity contribution in [3.05, 3.63) is 71.6 Å². The molecule has 2 heterocycles. The van der Waals surface area contributed by atoms with Crippen LogP contribution >= 0.6 is 0 Å². The van der Waals surface area contributed by atoms with E-state index < -0.39 is 0 Å². The van der Waals surface area contributed by atoms with Gasteiger partial charge in [-0.3, -0.25) is 9.69 Å². The van der Waals surface area contributed by atoms with Gasteiger partial charge in [-0.1, -0.05) is 48.9 Å². The number of aryl methyl sites for hydroxylation is 1. The molecule has 1 N–H and O–H groups in total. The predicted octanol–water partition coefficient (Wildman–Crippen LogP) is 4.75. The number of amides is 1. The van der Waals surface area contributed by atoms with Crippen LogP contribution in [0.2, 0.25) is 0 Å². The first-order chi connectivity index (χ1) is 15.7. The van der Waals surface area contributed by atoms with E-state index in [1.165, 1.54) is 31.4 Å². The van der Waals surface area contributed by atoms with Gasteiger partial charge in [0.15, 0.2) is 0 Å². The molecule has 3 aromatic rings. The molecule has 1 unspecified atom stereocenters. The Morgan fingerprint density at radius 1 is 1.06 bits per heavy atom. The molecular formula is C26H32N4O2. The first kappa shape index (κ1) is 22.2. The van der Waals surface area contributed by atoms with Gasteiger partial charge in [-0.05, 0) is 56.0 Å². The highest BCUT2D eigenvalue weighted by Crippen LogP contribution is 2.20. The molecule has 1 atom stereocenters. The van der Waals surface area contributed by atoms with Crippen LogP contribution in [0, 0.1) is 0 Å². The molecule has 1 fully saturated rings. The highest BCUT2D eigenvalue weighted by molar-refractivity contribution is 5.75. The van der Waals surface area contributed by atoms with Crippen LogP contribution in [0.4, 0.5) is 0 Å². The maximum Gasteiger partial charge on any atom is 0.247 e. The van der Waals surface area contributed by atoms with Crippen molar-refractivity contribution in [1.29, 1.82) is 0 Å². The number of rotatable bonds is 9. The first-order valence-electron chi connectivity index (χ1n) is 11.6. The topological polar surface area (TPSA) is 71.3 Å². The summed E-state index contributed by atoms with van der Waals surface area (Å²) < 4.78 is 5.70. The number of carbonyl (C=O) groups excluding carboxylic acids is 1. The fourth-order valence-corrected chi connectivity index (χ4v) is 4.13. The summed E-state index contributed by atoms with van der Waals surface area (Å²) in [5.41, 5.74) is 3.36. The molecule has 0 spiro atoms. The molecule has 1 aliphatic rings. The third-order valence-electron chi connectivity index (χ3n) is 6.12. The summed E-state index contributed by atoms with van der Waals surface area (Å²) in [6, 6.07) is 19.0. The Morgan fingerprint density at radius 3 is 2.62 bits per heavy atom. The molecule has 1 saturated heterocycles. The lowest BCUT2D eigenvalue weighted by atomic mass is 10.0. The number of piperidine rings is 1. The van der Waals surface area contributed by atoms with Gasteiger partial charge in [-0.2, -0.15) is 0 Å².